The van der Waals surface area contributed by atoms with E-state index in [1.54, 1.807) is 7.11 Å². The molecule has 2 rings (SSSR count). The minimum atomic E-state index is 0.113. The molecule has 0 radical (unpaired) electrons. The zero-order valence-corrected chi connectivity index (χ0v) is 14.3. The first-order valence-corrected chi connectivity index (χ1v) is 8.17. The van der Waals surface area contributed by atoms with Gasteiger partial charge in [-0.3, -0.25) is 0 Å². The molecule has 1 aromatic rings. The maximum Gasteiger partial charge on any atom is 0.124 e. The fourth-order valence-electron chi connectivity index (χ4n) is 2.72. The molecule has 0 bridgehead atoms. The summed E-state index contributed by atoms with van der Waals surface area (Å²) in [6.45, 7) is 9.72. The standard InChI is InChI=1S/C18H29NO3/c1-5-21-13-18(2,3)12-19-16-7-6-10-22-17-9-8-14(20-4)11-15(16)17/h8-9,11,16,19H,5-7,10,12-13H2,1-4H3. The van der Waals surface area contributed by atoms with Crippen LogP contribution in [0.1, 0.15) is 45.2 Å². The molecule has 1 heterocycles. The maximum atomic E-state index is 5.85. The number of fused-ring (bicyclic) bond motifs is 1. The predicted octanol–water partition coefficient (Wildman–Crippen LogP) is 3.56. The summed E-state index contributed by atoms with van der Waals surface area (Å²) in [5.41, 5.74) is 1.31. The van der Waals surface area contributed by atoms with E-state index in [-0.39, 0.29) is 5.41 Å². The minimum absolute atomic E-state index is 0.113. The summed E-state index contributed by atoms with van der Waals surface area (Å²) in [7, 11) is 1.70. The van der Waals surface area contributed by atoms with Crippen LogP contribution in [0, 0.1) is 5.41 Å². The molecule has 0 saturated heterocycles. The van der Waals surface area contributed by atoms with E-state index in [0.29, 0.717) is 6.04 Å². The zero-order valence-electron chi connectivity index (χ0n) is 14.3. The van der Waals surface area contributed by atoms with Crippen LogP contribution in [0.25, 0.3) is 0 Å². The minimum Gasteiger partial charge on any atom is -0.497 e. The van der Waals surface area contributed by atoms with Crippen molar-refractivity contribution in [2.75, 3.05) is 33.5 Å². The van der Waals surface area contributed by atoms with Gasteiger partial charge in [-0.05, 0) is 38.0 Å². The lowest BCUT2D eigenvalue weighted by molar-refractivity contribution is 0.0687. The van der Waals surface area contributed by atoms with Crippen molar-refractivity contribution < 1.29 is 14.2 Å². The van der Waals surface area contributed by atoms with Crippen LogP contribution in [0.15, 0.2) is 18.2 Å². The normalized spacial score (nSPS) is 18.3. The average Bonchev–Trinajstić information content (AvgIpc) is 2.72. The fraction of sp³-hybridized carbons (Fsp3) is 0.667. The summed E-state index contributed by atoms with van der Waals surface area (Å²) >= 11 is 0. The van der Waals surface area contributed by atoms with Crippen LogP contribution in [0.5, 0.6) is 11.5 Å². The van der Waals surface area contributed by atoms with Crippen LogP contribution >= 0.6 is 0 Å². The van der Waals surface area contributed by atoms with Crippen LogP contribution in [-0.2, 0) is 4.74 Å². The summed E-state index contributed by atoms with van der Waals surface area (Å²) in [5.74, 6) is 1.85. The van der Waals surface area contributed by atoms with Gasteiger partial charge < -0.3 is 19.5 Å². The average molecular weight is 307 g/mol. The molecule has 1 N–H and O–H groups in total. The molecular formula is C18H29NO3. The quantitative estimate of drug-likeness (QED) is 0.836. The van der Waals surface area contributed by atoms with Crippen molar-refractivity contribution >= 4 is 0 Å². The fourth-order valence-corrected chi connectivity index (χ4v) is 2.72. The predicted molar refractivity (Wildman–Crippen MR) is 88.7 cm³/mol. The Morgan fingerprint density at radius 3 is 2.91 bits per heavy atom. The maximum absolute atomic E-state index is 5.85. The molecule has 0 amide bonds. The number of nitrogens with one attached hydrogen (secondary N) is 1. The van der Waals surface area contributed by atoms with Crippen molar-refractivity contribution in [3.63, 3.8) is 0 Å². The van der Waals surface area contributed by atoms with Gasteiger partial charge >= 0.3 is 0 Å². The molecule has 4 heteroatoms. The molecule has 1 unspecified atom stereocenters. The van der Waals surface area contributed by atoms with Crippen LogP contribution in [0.4, 0.5) is 0 Å². The molecule has 0 fully saturated rings. The van der Waals surface area contributed by atoms with Crippen molar-refractivity contribution in [3.8, 4) is 11.5 Å². The molecule has 1 aromatic carbocycles. The molecule has 124 valence electrons. The van der Waals surface area contributed by atoms with Crippen molar-refractivity contribution in [2.24, 2.45) is 5.41 Å². The molecule has 22 heavy (non-hydrogen) atoms. The second-order valence-corrected chi connectivity index (χ2v) is 6.63. The number of rotatable bonds is 7. The van der Waals surface area contributed by atoms with E-state index in [4.69, 9.17) is 14.2 Å². The lowest BCUT2D eigenvalue weighted by Crippen LogP contribution is -2.35. The monoisotopic (exact) mass is 307 g/mol. The van der Waals surface area contributed by atoms with E-state index in [2.05, 4.69) is 25.2 Å². The van der Waals surface area contributed by atoms with Crippen molar-refractivity contribution in [1.29, 1.82) is 0 Å². The molecule has 0 saturated carbocycles. The Balaban J connectivity index is 2.08. The molecule has 0 spiro atoms. The number of ether oxygens (including phenoxy) is 3. The van der Waals surface area contributed by atoms with Gasteiger partial charge in [-0.2, -0.15) is 0 Å². The SMILES string of the molecule is CCOCC(C)(C)CNC1CCCOc2ccc(OC)cc21. The van der Waals surface area contributed by atoms with Crippen LogP contribution < -0.4 is 14.8 Å². The third kappa shape index (κ3) is 4.62. The van der Waals surface area contributed by atoms with Gasteiger partial charge in [0, 0.05) is 30.2 Å². The number of hydrogen-bond donors (Lipinski definition) is 1. The van der Waals surface area contributed by atoms with Gasteiger partial charge in [-0.25, -0.2) is 0 Å². The van der Waals surface area contributed by atoms with Gasteiger partial charge in [-0.15, -0.1) is 0 Å². The molecule has 1 aliphatic rings. The van der Waals surface area contributed by atoms with Gasteiger partial charge in [-0.1, -0.05) is 13.8 Å². The summed E-state index contributed by atoms with van der Waals surface area (Å²) in [6, 6.07) is 6.36. The highest BCUT2D eigenvalue weighted by molar-refractivity contribution is 5.42. The topological polar surface area (TPSA) is 39.7 Å². The summed E-state index contributed by atoms with van der Waals surface area (Å²) in [4.78, 5) is 0. The van der Waals surface area contributed by atoms with Crippen LogP contribution in [0.3, 0.4) is 0 Å². The third-order valence-electron chi connectivity index (χ3n) is 4.01. The molecular weight excluding hydrogens is 278 g/mol. The van der Waals surface area contributed by atoms with Gasteiger partial charge in [0.25, 0.3) is 0 Å². The van der Waals surface area contributed by atoms with E-state index in [1.165, 1.54) is 5.56 Å². The molecule has 0 aliphatic carbocycles. The lowest BCUT2D eigenvalue weighted by Gasteiger charge is -2.28. The summed E-state index contributed by atoms with van der Waals surface area (Å²) in [6.07, 6.45) is 2.13. The van der Waals surface area contributed by atoms with Gasteiger partial charge in [0.15, 0.2) is 0 Å². The lowest BCUT2D eigenvalue weighted by atomic mass is 9.93. The molecule has 4 nitrogen and oxygen atoms in total. The largest absolute Gasteiger partial charge is 0.497 e. The molecule has 1 atom stereocenters. The smallest absolute Gasteiger partial charge is 0.124 e. The van der Waals surface area contributed by atoms with E-state index >= 15 is 0 Å². The van der Waals surface area contributed by atoms with E-state index < -0.39 is 0 Å². The highest BCUT2D eigenvalue weighted by Gasteiger charge is 2.24. The molecule has 1 aliphatic heterocycles. The Morgan fingerprint density at radius 1 is 1.36 bits per heavy atom. The Kier molecular flexibility index (Phi) is 6.09. The Morgan fingerprint density at radius 2 is 2.18 bits per heavy atom. The number of benzene rings is 1. The van der Waals surface area contributed by atoms with Gasteiger partial charge in [0.1, 0.15) is 11.5 Å². The number of hydrogen-bond acceptors (Lipinski definition) is 4. The second-order valence-electron chi connectivity index (χ2n) is 6.63. The van der Waals surface area contributed by atoms with Crippen LogP contribution in [0.2, 0.25) is 0 Å². The first-order valence-electron chi connectivity index (χ1n) is 8.17. The van der Waals surface area contributed by atoms with E-state index in [0.717, 1.165) is 50.7 Å². The Hall–Kier alpha value is -1.26. The molecule has 0 aromatic heterocycles. The van der Waals surface area contributed by atoms with Crippen LogP contribution in [-0.4, -0.2) is 33.5 Å². The van der Waals surface area contributed by atoms with Crippen molar-refractivity contribution in [1.82, 2.24) is 5.32 Å². The first kappa shape index (κ1) is 17.1. The van der Waals surface area contributed by atoms with Crippen molar-refractivity contribution in [2.45, 2.75) is 39.7 Å². The Bertz CT molecular complexity index is 473. The van der Waals surface area contributed by atoms with Gasteiger partial charge in [0.2, 0.25) is 0 Å². The second kappa shape index (κ2) is 7.84. The van der Waals surface area contributed by atoms with Crippen molar-refractivity contribution in [3.05, 3.63) is 23.8 Å². The number of methoxy groups -OCH3 is 1. The first-order chi connectivity index (χ1) is 10.6. The van der Waals surface area contributed by atoms with Gasteiger partial charge in [0.05, 0.1) is 20.3 Å². The Labute approximate surface area is 134 Å². The highest BCUT2D eigenvalue weighted by Crippen LogP contribution is 2.34. The zero-order chi connectivity index (χ0) is 16.0. The third-order valence-corrected chi connectivity index (χ3v) is 4.01. The van der Waals surface area contributed by atoms with E-state index in [1.807, 2.05) is 19.1 Å². The highest BCUT2D eigenvalue weighted by atomic mass is 16.5. The van der Waals surface area contributed by atoms with E-state index in [9.17, 15) is 0 Å². The summed E-state index contributed by atoms with van der Waals surface area (Å²) < 4.78 is 16.8. The summed E-state index contributed by atoms with van der Waals surface area (Å²) in [5, 5.41) is 3.70.